The number of hydrogen-bond acceptors (Lipinski definition) is 4. The van der Waals surface area contributed by atoms with Crippen molar-refractivity contribution >= 4 is 23.3 Å². The minimum atomic E-state index is -0.985. The fourth-order valence-electron chi connectivity index (χ4n) is 3.98. The van der Waals surface area contributed by atoms with Crippen molar-refractivity contribution in [2.24, 2.45) is 0 Å². The lowest BCUT2D eigenvalue weighted by molar-refractivity contribution is -0.126. The maximum Gasteiger partial charge on any atom is 0.339 e. The van der Waals surface area contributed by atoms with Gasteiger partial charge in [-0.15, -0.1) is 0 Å². The summed E-state index contributed by atoms with van der Waals surface area (Å²) in [5, 5.41) is 0. The molecule has 0 saturated carbocycles. The number of hydrogen-bond donors (Lipinski definition) is 0. The highest BCUT2D eigenvalue weighted by molar-refractivity contribution is 6.14. The third kappa shape index (κ3) is 3.99. The van der Waals surface area contributed by atoms with Gasteiger partial charge in [0.15, 0.2) is 11.9 Å². The van der Waals surface area contributed by atoms with Gasteiger partial charge in [-0.05, 0) is 38.0 Å². The predicted octanol–water partition coefficient (Wildman–Crippen LogP) is 4.44. The summed E-state index contributed by atoms with van der Waals surface area (Å²) in [7, 11) is 0. The van der Waals surface area contributed by atoms with E-state index >= 15 is 0 Å². The van der Waals surface area contributed by atoms with Crippen LogP contribution in [0.1, 0.15) is 45.7 Å². The number of benzene rings is 3. The van der Waals surface area contributed by atoms with Crippen LogP contribution < -0.4 is 4.90 Å². The van der Waals surface area contributed by atoms with Crippen LogP contribution in [0, 0.1) is 0 Å². The minimum Gasteiger partial charge on any atom is -0.449 e. The molecule has 0 aliphatic carbocycles. The number of esters is 1. The van der Waals surface area contributed by atoms with E-state index in [0.29, 0.717) is 5.56 Å². The van der Waals surface area contributed by atoms with Crippen LogP contribution in [0.4, 0.5) is 5.69 Å². The van der Waals surface area contributed by atoms with Crippen molar-refractivity contribution in [2.45, 2.75) is 32.4 Å². The number of fused-ring (bicyclic) bond motifs is 1. The zero-order chi connectivity index (χ0) is 22.0. The number of carbonyl (C=O) groups excluding carboxylic acids is 3. The molecule has 0 fully saturated rings. The van der Waals surface area contributed by atoms with Crippen LogP contribution in [-0.2, 0) is 16.0 Å². The van der Waals surface area contributed by atoms with Gasteiger partial charge in [0.2, 0.25) is 0 Å². The first-order chi connectivity index (χ1) is 15.0. The maximum atomic E-state index is 13.1. The molecule has 1 heterocycles. The Morgan fingerprint density at radius 2 is 1.48 bits per heavy atom. The summed E-state index contributed by atoms with van der Waals surface area (Å²) >= 11 is 0. The molecular weight excluding hydrogens is 390 g/mol. The number of nitrogens with zero attached hydrogens (tertiary/aromatic N) is 1. The third-order valence-electron chi connectivity index (χ3n) is 5.50. The lowest BCUT2D eigenvalue weighted by Crippen LogP contribution is -2.43. The molecular formula is C26H23NO4. The van der Waals surface area contributed by atoms with Crippen molar-refractivity contribution in [1.29, 1.82) is 0 Å². The van der Waals surface area contributed by atoms with Gasteiger partial charge in [0, 0.05) is 22.9 Å². The molecule has 0 saturated heterocycles. The average molecular weight is 413 g/mol. The van der Waals surface area contributed by atoms with Crippen molar-refractivity contribution in [3.63, 3.8) is 0 Å². The number of carbonyl (C=O) groups is 3. The highest BCUT2D eigenvalue weighted by atomic mass is 16.5. The molecule has 1 aliphatic rings. The van der Waals surface area contributed by atoms with Crippen LogP contribution in [0.5, 0.6) is 0 Å². The molecule has 1 aliphatic heterocycles. The van der Waals surface area contributed by atoms with Crippen LogP contribution in [-0.4, -0.2) is 29.8 Å². The third-order valence-corrected chi connectivity index (χ3v) is 5.50. The molecule has 0 spiro atoms. The van der Waals surface area contributed by atoms with Crippen LogP contribution in [0.3, 0.4) is 0 Å². The monoisotopic (exact) mass is 413 g/mol. The van der Waals surface area contributed by atoms with Crippen LogP contribution in [0.2, 0.25) is 0 Å². The fourth-order valence-corrected chi connectivity index (χ4v) is 3.98. The van der Waals surface area contributed by atoms with Crippen LogP contribution in [0.15, 0.2) is 78.9 Å². The molecule has 31 heavy (non-hydrogen) atoms. The molecule has 2 atom stereocenters. The number of anilines is 1. The van der Waals surface area contributed by atoms with Crippen LogP contribution in [0.25, 0.3) is 0 Å². The van der Waals surface area contributed by atoms with Crippen LogP contribution >= 0.6 is 0 Å². The number of rotatable bonds is 5. The van der Waals surface area contributed by atoms with Crippen molar-refractivity contribution in [3.05, 3.63) is 101 Å². The molecule has 5 nitrogen and oxygen atoms in total. The Kier molecular flexibility index (Phi) is 5.67. The maximum absolute atomic E-state index is 13.1. The zero-order valence-electron chi connectivity index (χ0n) is 17.4. The first-order valence-electron chi connectivity index (χ1n) is 10.3. The highest BCUT2D eigenvalue weighted by Gasteiger charge is 2.35. The smallest absolute Gasteiger partial charge is 0.339 e. The van der Waals surface area contributed by atoms with E-state index in [1.807, 2.05) is 37.3 Å². The molecule has 0 radical (unpaired) electrons. The topological polar surface area (TPSA) is 63.7 Å². The molecule has 0 aromatic heterocycles. The quantitative estimate of drug-likeness (QED) is 0.458. The molecule has 156 valence electrons. The number of amides is 1. The Bertz CT molecular complexity index is 1140. The predicted molar refractivity (Wildman–Crippen MR) is 118 cm³/mol. The van der Waals surface area contributed by atoms with Gasteiger partial charge in [-0.1, -0.05) is 66.7 Å². The van der Waals surface area contributed by atoms with E-state index < -0.39 is 12.1 Å². The van der Waals surface area contributed by atoms with E-state index in [1.54, 1.807) is 60.4 Å². The number of ketones is 1. The van der Waals surface area contributed by atoms with Crippen molar-refractivity contribution in [3.8, 4) is 0 Å². The van der Waals surface area contributed by atoms with E-state index in [4.69, 9.17) is 4.74 Å². The van der Waals surface area contributed by atoms with Crippen molar-refractivity contribution < 1.29 is 19.1 Å². The number of ether oxygens (including phenoxy) is 1. The largest absolute Gasteiger partial charge is 0.449 e. The molecule has 0 bridgehead atoms. The lowest BCUT2D eigenvalue weighted by atomic mass is 9.98. The van der Waals surface area contributed by atoms with E-state index in [-0.39, 0.29) is 28.9 Å². The second kappa shape index (κ2) is 8.56. The standard InChI is InChI=1S/C26H23NO4/c1-17-16-20-12-6-9-15-23(20)27(17)25(29)18(2)31-26(30)22-14-8-7-13-21(22)24(28)19-10-4-3-5-11-19/h3-15,17-18H,16H2,1-2H3/t17-,18-/m1/s1. The van der Waals surface area contributed by atoms with Crippen molar-refractivity contribution in [1.82, 2.24) is 0 Å². The summed E-state index contributed by atoms with van der Waals surface area (Å²) in [6, 6.07) is 23.0. The molecule has 0 N–H and O–H groups in total. The minimum absolute atomic E-state index is 0.0157. The van der Waals surface area contributed by atoms with Gasteiger partial charge >= 0.3 is 5.97 Å². The second-order valence-electron chi connectivity index (χ2n) is 7.68. The Morgan fingerprint density at radius 3 is 2.23 bits per heavy atom. The molecule has 5 heteroatoms. The van der Waals surface area contributed by atoms with Gasteiger partial charge in [-0.2, -0.15) is 0 Å². The van der Waals surface area contributed by atoms with E-state index in [9.17, 15) is 14.4 Å². The molecule has 4 rings (SSSR count). The Hall–Kier alpha value is -3.73. The summed E-state index contributed by atoms with van der Waals surface area (Å²) in [6.45, 7) is 3.54. The van der Waals surface area contributed by atoms with Gasteiger partial charge in [0.05, 0.1) is 5.56 Å². The second-order valence-corrected chi connectivity index (χ2v) is 7.68. The number of para-hydroxylation sites is 1. The molecule has 1 amide bonds. The van der Waals surface area contributed by atoms with Gasteiger partial charge in [0.25, 0.3) is 5.91 Å². The Labute approximate surface area is 181 Å². The summed E-state index contributed by atoms with van der Waals surface area (Å²) in [4.78, 5) is 40.6. The zero-order valence-corrected chi connectivity index (χ0v) is 17.4. The summed E-state index contributed by atoms with van der Waals surface area (Å²) in [5.74, 6) is -1.24. The summed E-state index contributed by atoms with van der Waals surface area (Å²) < 4.78 is 5.52. The Balaban J connectivity index is 1.54. The van der Waals surface area contributed by atoms with Crippen molar-refractivity contribution in [2.75, 3.05) is 4.90 Å². The fraction of sp³-hybridized carbons (Fsp3) is 0.192. The Morgan fingerprint density at radius 1 is 0.871 bits per heavy atom. The first-order valence-corrected chi connectivity index (χ1v) is 10.3. The van der Waals surface area contributed by atoms with Gasteiger partial charge in [-0.3, -0.25) is 9.59 Å². The van der Waals surface area contributed by atoms with Gasteiger partial charge in [-0.25, -0.2) is 4.79 Å². The SMILES string of the molecule is C[C@@H]1Cc2ccccc2N1C(=O)[C@@H](C)OC(=O)c1ccccc1C(=O)c1ccccc1. The average Bonchev–Trinajstić information content (AvgIpc) is 3.14. The lowest BCUT2D eigenvalue weighted by Gasteiger charge is -2.26. The molecule has 3 aromatic carbocycles. The molecule has 3 aromatic rings. The van der Waals surface area contributed by atoms with E-state index in [0.717, 1.165) is 17.7 Å². The normalized spacial score (nSPS) is 15.8. The first kappa shape index (κ1) is 20.5. The van der Waals surface area contributed by atoms with Gasteiger partial charge in [0.1, 0.15) is 0 Å². The van der Waals surface area contributed by atoms with Gasteiger partial charge < -0.3 is 9.64 Å². The highest BCUT2D eigenvalue weighted by Crippen LogP contribution is 2.32. The summed E-state index contributed by atoms with van der Waals surface area (Å²) in [6.07, 6.45) is -0.224. The molecule has 0 unspecified atom stereocenters. The summed E-state index contributed by atoms with van der Waals surface area (Å²) in [5.41, 5.74) is 2.82. The van der Waals surface area contributed by atoms with E-state index in [2.05, 4.69) is 0 Å². The van der Waals surface area contributed by atoms with E-state index in [1.165, 1.54) is 0 Å².